The van der Waals surface area contributed by atoms with Crippen LogP contribution in [0, 0.1) is 0 Å². The molecule has 0 saturated carbocycles. The summed E-state index contributed by atoms with van der Waals surface area (Å²) in [5.41, 5.74) is 8.75. The van der Waals surface area contributed by atoms with Crippen molar-refractivity contribution in [3.63, 3.8) is 0 Å². The Morgan fingerprint density at radius 1 is 0.309 bits per heavy atom. The zero-order valence-corrected chi connectivity index (χ0v) is 29.6. The topological polar surface area (TPSA) is 51.8 Å². The van der Waals surface area contributed by atoms with Crippen LogP contribution in [0.1, 0.15) is 0 Å². The molecule has 11 aromatic rings. The van der Waals surface area contributed by atoms with E-state index in [4.69, 9.17) is 19.4 Å². The van der Waals surface area contributed by atoms with Crippen molar-refractivity contribution < 1.29 is 4.42 Å². The highest BCUT2D eigenvalue weighted by atomic mass is 16.3. The highest BCUT2D eigenvalue weighted by Gasteiger charge is 2.20. The maximum Gasteiger partial charge on any atom is 0.167 e. The number of rotatable bonds is 5. The highest BCUT2D eigenvalue weighted by molar-refractivity contribution is 6.20. The van der Waals surface area contributed by atoms with Gasteiger partial charge < -0.3 is 4.42 Å². The summed E-state index contributed by atoms with van der Waals surface area (Å²) in [6, 6.07) is 65.8. The Balaban J connectivity index is 1.11. The third-order valence-electron chi connectivity index (χ3n) is 10.7. The van der Waals surface area contributed by atoms with Crippen molar-refractivity contribution in [1.82, 2.24) is 15.0 Å². The van der Waals surface area contributed by atoms with Gasteiger partial charge >= 0.3 is 0 Å². The van der Waals surface area contributed by atoms with Crippen LogP contribution in [0.2, 0.25) is 0 Å². The fraction of sp³-hybridized carbons (Fsp3) is 0. The minimum absolute atomic E-state index is 0.559. The molecular formula is C51H31N3O. The van der Waals surface area contributed by atoms with Gasteiger partial charge in [0.05, 0.1) is 5.56 Å². The molecule has 0 aliphatic rings. The zero-order valence-electron chi connectivity index (χ0n) is 29.6. The average molecular weight is 702 g/mol. The van der Waals surface area contributed by atoms with Gasteiger partial charge in [-0.15, -0.1) is 0 Å². The molecule has 4 nitrogen and oxygen atoms in total. The lowest BCUT2D eigenvalue weighted by Crippen LogP contribution is -2.01. The summed E-state index contributed by atoms with van der Waals surface area (Å²) < 4.78 is 6.48. The molecule has 0 atom stereocenters. The predicted octanol–water partition coefficient (Wildman–Crippen LogP) is 13.6. The summed E-state index contributed by atoms with van der Waals surface area (Å²) in [6.07, 6.45) is 0. The van der Waals surface area contributed by atoms with Gasteiger partial charge in [0.2, 0.25) is 0 Å². The third-order valence-corrected chi connectivity index (χ3v) is 10.7. The molecule has 0 amide bonds. The van der Waals surface area contributed by atoms with Gasteiger partial charge in [0, 0.05) is 21.9 Å². The van der Waals surface area contributed by atoms with E-state index in [1.807, 2.05) is 42.5 Å². The summed E-state index contributed by atoms with van der Waals surface area (Å²) in [7, 11) is 0. The summed E-state index contributed by atoms with van der Waals surface area (Å²) in [6.45, 7) is 0. The first-order valence-electron chi connectivity index (χ1n) is 18.5. The molecule has 0 fully saturated rings. The number of hydrogen-bond acceptors (Lipinski definition) is 4. The molecule has 0 bridgehead atoms. The van der Waals surface area contributed by atoms with Crippen molar-refractivity contribution in [2.75, 3.05) is 0 Å². The summed E-state index contributed by atoms with van der Waals surface area (Å²) >= 11 is 0. The van der Waals surface area contributed by atoms with Crippen LogP contribution in [0.4, 0.5) is 0 Å². The molecule has 2 aromatic heterocycles. The second kappa shape index (κ2) is 12.6. The first kappa shape index (κ1) is 31.1. The summed E-state index contributed by atoms with van der Waals surface area (Å²) in [4.78, 5) is 15.6. The molecule has 0 radical (unpaired) electrons. The Hall–Kier alpha value is -7.43. The van der Waals surface area contributed by atoms with Gasteiger partial charge in [-0.25, -0.2) is 15.0 Å². The Labute approximate surface area is 317 Å². The van der Waals surface area contributed by atoms with Gasteiger partial charge in [-0.3, -0.25) is 0 Å². The van der Waals surface area contributed by atoms with Crippen molar-refractivity contribution in [3.05, 3.63) is 188 Å². The van der Waals surface area contributed by atoms with Gasteiger partial charge in [-0.2, -0.15) is 0 Å². The minimum Gasteiger partial charge on any atom is -0.455 e. The van der Waals surface area contributed by atoms with Gasteiger partial charge in [0.1, 0.15) is 11.2 Å². The number of hydrogen-bond donors (Lipinski definition) is 0. The van der Waals surface area contributed by atoms with E-state index in [0.29, 0.717) is 17.5 Å². The van der Waals surface area contributed by atoms with Gasteiger partial charge in [-0.1, -0.05) is 170 Å². The molecular weight excluding hydrogens is 671 g/mol. The zero-order chi connectivity index (χ0) is 36.3. The molecule has 0 unspecified atom stereocenters. The third kappa shape index (κ3) is 5.19. The van der Waals surface area contributed by atoms with E-state index in [1.165, 1.54) is 37.9 Å². The second-order valence-electron chi connectivity index (χ2n) is 13.9. The summed E-state index contributed by atoms with van der Waals surface area (Å²) in [5.74, 6) is 1.75. The Morgan fingerprint density at radius 2 is 0.909 bits per heavy atom. The van der Waals surface area contributed by atoms with Gasteiger partial charge in [0.25, 0.3) is 0 Å². The lowest BCUT2D eigenvalue weighted by atomic mass is 9.89. The number of para-hydroxylation sites is 2. The summed E-state index contributed by atoms with van der Waals surface area (Å²) in [5, 5.41) is 9.50. The molecule has 0 saturated heterocycles. The molecule has 0 N–H and O–H groups in total. The van der Waals surface area contributed by atoms with E-state index < -0.39 is 0 Å². The maximum absolute atomic E-state index is 6.48. The van der Waals surface area contributed by atoms with Crippen molar-refractivity contribution in [1.29, 1.82) is 0 Å². The van der Waals surface area contributed by atoms with E-state index in [9.17, 15) is 0 Å². The molecule has 0 aliphatic carbocycles. The number of benzene rings is 9. The minimum atomic E-state index is 0.559. The molecule has 55 heavy (non-hydrogen) atoms. The van der Waals surface area contributed by atoms with E-state index in [1.54, 1.807) is 0 Å². The van der Waals surface area contributed by atoms with Crippen LogP contribution in [0.5, 0.6) is 0 Å². The molecule has 0 spiro atoms. The van der Waals surface area contributed by atoms with Crippen LogP contribution in [0.25, 0.3) is 111 Å². The largest absolute Gasteiger partial charge is 0.455 e. The van der Waals surface area contributed by atoms with E-state index in [0.717, 1.165) is 55.3 Å². The first-order valence-corrected chi connectivity index (χ1v) is 18.5. The highest BCUT2D eigenvalue weighted by Crippen LogP contribution is 2.41. The van der Waals surface area contributed by atoms with Crippen LogP contribution in [0.15, 0.2) is 192 Å². The SMILES string of the molecule is c1ccc(-c2ccccc2-c2nc(-c3ccc(-c4c5ccccc5cc5c4ccc4ccccc45)cc3)nc(-c3cccc4c3oc3ccccc34)n2)cc1. The van der Waals surface area contributed by atoms with Crippen molar-refractivity contribution in [3.8, 4) is 56.4 Å². The van der Waals surface area contributed by atoms with Crippen molar-refractivity contribution in [2.45, 2.75) is 0 Å². The maximum atomic E-state index is 6.48. The Kier molecular flexibility index (Phi) is 7.14. The molecule has 11 rings (SSSR count). The molecule has 4 heteroatoms. The standard InChI is InChI=1S/C51H31N3O/c1-2-13-32(14-3-1)37-17-8-9-21-43(37)50-52-49(53-51(54-50)44-23-12-22-42-40-20-10-11-24-46(40)55-48(42)44)35-27-25-34(26-28-35)47-39-19-7-5-16-36(39)31-45-38-18-6-4-15-33(38)29-30-41(45)47/h1-31H. The average Bonchev–Trinajstić information content (AvgIpc) is 3.65. The van der Waals surface area contributed by atoms with Crippen molar-refractivity contribution in [2.24, 2.45) is 0 Å². The van der Waals surface area contributed by atoms with Crippen LogP contribution in [-0.4, -0.2) is 15.0 Å². The molecule has 0 aliphatic heterocycles. The van der Waals surface area contributed by atoms with Crippen LogP contribution >= 0.6 is 0 Å². The number of furan rings is 1. The van der Waals surface area contributed by atoms with Gasteiger partial charge in [-0.05, 0) is 72.8 Å². The first-order chi connectivity index (χ1) is 27.3. The van der Waals surface area contributed by atoms with E-state index in [2.05, 4.69) is 146 Å². The van der Waals surface area contributed by atoms with Crippen LogP contribution < -0.4 is 0 Å². The Bertz CT molecular complexity index is 3260. The van der Waals surface area contributed by atoms with Crippen LogP contribution in [-0.2, 0) is 0 Å². The van der Waals surface area contributed by atoms with Crippen molar-refractivity contribution >= 4 is 54.3 Å². The fourth-order valence-corrected chi connectivity index (χ4v) is 8.13. The monoisotopic (exact) mass is 701 g/mol. The smallest absolute Gasteiger partial charge is 0.167 e. The quantitative estimate of drug-likeness (QED) is 0.132. The van der Waals surface area contributed by atoms with Gasteiger partial charge in [0.15, 0.2) is 17.5 Å². The Morgan fingerprint density at radius 3 is 1.75 bits per heavy atom. The lowest BCUT2D eigenvalue weighted by molar-refractivity contribution is 0.669. The lowest BCUT2D eigenvalue weighted by Gasteiger charge is -2.15. The fourth-order valence-electron chi connectivity index (χ4n) is 8.13. The number of aromatic nitrogens is 3. The molecule has 2 heterocycles. The van der Waals surface area contributed by atoms with Crippen LogP contribution in [0.3, 0.4) is 0 Å². The number of fused-ring (bicyclic) bond motifs is 7. The molecule has 9 aromatic carbocycles. The van der Waals surface area contributed by atoms with E-state index in [-0.39, 0.29) is 0 Å². The molecule has 256 valence electrons. The predicted molar refractivity (Wildman–Crippen MR) is 227 cm³/mol. The van der Waals surface area contributed by atoms with E-state index >= 15 is 0 Å². The number of nitrogens with zero attached hydrogens (tertiary/aromatic N) is 3. The normalized spacial score (nSPS) is 11.6. The second-order valence-corrected chi connectivity index (χ2v) is 13.9.